The van der Waals surface area contributed by atoms with Crippen molar-refractivity contribution >= 4 is 35.0 Å². The fourth-order valence-corrected chi connectivity index (χ4v) is 4.27. The van der Waals surface area contributed by atoms with Crippen LogP contribution in [-0.2, 0) is 5.75 Å². The van der Waals surface area contributed by atoms with Crippen LogP contribution in [0.3, 0.4) is 0 Å². The Bertz CT molecular complexity index is 1200. The van der Waals surface area contributed by atoms with Gasteiger partial charge in [-0.2, -0.15) is 0 Å². The Morgan fingerprint density at radius 1 is 0.839 bits per heavy atom. The van der Waals surface area contributed by atoms with Crippen LogP contribution in [-0.4, -0.2) is 29.0 Å². The van der Waals surface area contributed by atoms with Crippen molar-refractivity contribution < 1.29 is 9.47 Å². The number of thioether (sulfide) groups is 1. The Hall–Kier alpha value is -2.67. The highest BCUT2D eigenvalue weighted by Gasteiger charge is 2.17. The Kier molecular flexibility index (Phi) is 6.70. The summed E-state index contributed by atoms with van der Waals surface area (Å²) in [4.78, 5) is 0. The Labute approximate surface area is 194 Å². The van der Waals surface area contributed by atoms with E-state index in [-0.39, 0.29) is 0 Å². The van der Waals surface area contributed by atoms with Crippen molar-refractivity contribution in [3.05, 3.63) is 82.3 Å². The number of rotatable bonds is 7. The number of aromatic nitrogens is 3. The molecule has 1 heterocycles. The summed E-state index contributed by atoms with van der Waals surface area (Å²) in [6.45, 7) is 0. The van der Waals surface area contributed by atoms with Crippen molar-refractivity contribution in [2.75, 3.05) is 14.2 Å². The molecule has 0 atom stereocenters. The highest BCUT2D eigenvalue weighted by Crippen LogP contribution is 2.32. The maximum absolute atomic E-state index is 6.17. The molecule has 0 spiro atoms. The van der Waals surface area contributed by atoms with Gasteiger partial charge in [0.2, 0.25) is 0 Å². The first-order valence-electron chi connectivity index (χ1n) is 9.40. The van der Waals surface area contributed by atoms with Crippen LogP contribution in [0.1, 0.15) is 5.56 Å². The minimum atomic E-state index is 0.536. The third-order valence-electron chi connectivity index (χ3n) is 4.64. The van der Waals surface area contributed by atoms with E-state index in [1.807, 2.05) is 65.2 Å². The van der Waals surface area contributed by atoms with Crippen LogP contribution in [0.4, 0.5) is 0 Å². The Balaban J connectivity index is 1.73. The molecule has 0 N–H and O–H groups in total. The van der Waals surface area contributed by atoms with Crippen LogP contribution in [0.2, 0.25) is 10.0 Å². The largest absolute Gasteiger partial charge is 0.497 e. The number of methoxy groups -OCH3 is 2. The standard InChI is InChI=1S/C23H19Cl2N3O2S/c1-29-18-9-7-17(8-10-18)28-22(16-4-3-5-19(13-16)30-2)26-27-23(28)31-14-15-6-11-20(24)21(25)12-15/h3-13H,14H2,1-2H3. The average Bonchev–Trinajstić information content (AvgIpc) is 3.24. The van der Waals surface area contributed by atoms with Gasteiger partial charge in [0.1, 0.15) is 11.5 Å². The van der Waals surface area contributed by atoms with Gasteiger partial charge in [-0.05, 0) is 54.1 Å². The van der Waals surface area contributed by atoms with Crippen LogP contribution in [0.15, 0.2) is 71.9 Å². The molecule has 31 heavy (non-hydrogen) atoms. The van der Waals surface area contributed by atoms with Crippen LogP contribution >= 0.6 is 35.0 Å². The molecule has 1 aromatic heterocycles. The minimum absolute atomic E-state index is 0.536. The van der Waals surface area contributed by atoms with Crippen LogP contribution in [0.25, 0.3) is 17.1 Å². The lowest BCUT2D eigenvalue weighted by atomic mass is 10.2. The maximum atomic E-state index is 6.17. The second-order valence-electron chi connectivity index (χ2n) is 6.61. The molecule has 3 aromatic carbocycles. The normalized spacial score (nSPS) is 10.8. The van der Waals surface area contributed by atoms with Gasteiger partial charge in [0.25, 0.3) is 0 Å². The first-order valence-corrected chi connectivity index (χ1v) is 11.1. The zero-order valence-electron chi connectivity index (χ0n) is 16.9. The van der Waals surface area contributed by atoms with Gasteiger partial charge >= 0.3 is 0 Å². The highest BCUT2D eigenvalue weighted by atomic mass is 35.5. The van der Waals surface area contributed by atoms with E-state index in [0.717, 1.165) is 39.3 Å². The first kappa shape index (κ1) is 21.6. The fourth-order valence-electron chi connectivity index (χ4n) is 3.05. The molecule has 0 aliphatic rings. The van der Waals surface area contributed by atoms with E-state index in [4.69, 9.17) is 32.7 Å². The smallest absolute Gasteiger partial charge is 0.196 e. The summed E-state index contributed by atoms with van der Waals surface area (Å²) in [7, 11) is 3.29. The molecule has 5 nitrogen and oxygen atoms in total. The van der Waals surface area contributed by atoms with Gasteiger partial charge in [0, 0.05) is 17.0 Å². The molecule has 4 aromatic rings. The van der Waals surface area contributed by atoms with Crippen LogP contribution < -0.4 is 9.47 Å². The van der Waals surface area contributed by atoms with E-state index in [2.05, 4.69) is 10.2 Å². The molecule has 158 valence electrons. The fraction of sp³-hybridized carbons (Fsp3) is 0.130. The molecule has 0 saturated heterocycles. The van der Waals surface area contributed by atoms with Crippen molar-refractivity contribution in [2.45, 2.75) is 10.9 Å². The molecule has 0 aliphatic carbocycles. The molecule has 0 aliphatic heterocycles. The van der Waals surface area contributed by atoms with Gasteiger partial charge in [0.15, 0.2) is 11.0 Å². The second kappa shape index (κ2) is 9.64. The lowest BCUT2D eigenvalue weighted by Crippen LogP contribution is -2.00. The molecule has 0 saturated carbocycles. The van der Waals surface area contributed by atoms with Gasteiger partial charge in [-0.25, -0.2) is 0 Å². The SMILES string of the molecule is COc1ccc(-n2c(SCc3ccc(Cl)c(Cl)c3)nnc2-c2cccc(OC)c2)cc1. The summed E-state index contributed by atoms with van der Waals surface area (Å²) in [5.41, 5.74) is 2.89. The van der Waals surface area contributed by atoms with E-state index < -0.39 is 0 Å². The number of nitrogens with zero attached hydrogens (tertiary/aromatic N) is 3. The van der Waals surface area contributed by atoms with E-state index in [1.165, 1.54) is 0 Å². The van der Waals surface area contributed by atoms with Gasteiger partial charge in [0.05, 0.1) is 24.3 Å². The quantitative estimate of drug-likeness (QED) is 0.286. The molecule has 0 fully saturated rings. The van der Waals surface area contributed by atoms with E-state index in [0.29, 0.717) is 15.8 Å². The van der Waals surface area contributed by atoms with Crippen molar-refractivity contribution in [1.29, 1.82) is 0 Å². The second-order valence-corrected chi connectivity index (χ2v) is 8.37. The van der Waals surface area contributed by atoms with Crippen molar-refractivity contribution in [1.82, 2.24) is 14.8 Å². The molecule has 0 amide bonds. The monoisotopic (exact) mass is 471 g/mol. The van der Waals surface area contributed by atoms with E-state index in [9.17, 15) is 0 Å². The molecule has 4 rings (SSSR count). The Morgan fingerprint density at radius 3 is 2.32 bits per heavy atom. The molecule has 0 unspecified atom stereocenters. The van der Waals surface area contributed by atoms with Crippen molar-refractivity contribution in [2.24, 2.45) is 0 Å². The summed E-state index contributed by atoms with van der Waals surface area (Å²) in [5.74, 6) is 2.93. The highest BCUT2D eigenvalue weighted by molar-refractivity contribution is 7.98. The summed E-state index contributed by atoms with van der Waals surface area (Å²) in [5, 5.41) is 10.8. The van der Waals surface area contributed by atoms with E-state index >= 15 is 0 Å². The van der Waals surface area contributed by atoms with Gasteiger partial charge in [-0.3, -0.25) is 4.57 Å². The summed E-state index contributed by atoms with van der Waals surface area (Å²) >= 11 is 13.8. The number of halogens is 2. The molecular weight excluding hydrogens is 453 g/mol. The number of hydrogen-bond donors (Lipinski definition) is 0. The van der Waals surface area contributed by atoms with Gasteiger partial charge in [-0.15, -0.1) is 10.2 Å². The minimum Gasteiger partial charge on any atom is -0.497 e. The molecular formula is C23H19Cl2N3O2S. The predicted octanol–water partition coefficient (Wildman–Crippen LogP) is 6.55. The van der Waals surface area contributed by atoms with Crippen LogP contribution in [0, 0.1) is 0 Å². The number of ether oxygens (including phenoxy) is 2. The third-order valence-corrected chi connectivity index (χ3v) is 6.38. The lowest BCUT2D eigenvalue weighted by Gasteiger charge is -2.12. The summed E-state index contributed by atoms with van der Waals surface area (Å²) in [6.07, 6.45) is 0. The summed E-state index contributed by atoms with van der Waals surface area (Å²) < 4.78 is 12.7. The van der Waals surface area contributed by atoms with Gasteiger partial charge in [-0.1, -0.05) is 53.2 Å². The van der Waals surface area contributed by atoms with Gasteiger partial charge < -0.3 is 9.47 Å². The average molecular weight is 472 g/mol. The number of hydrogen-bond acceptors (Lipinski definition) is 5. The third kappa shape index (κ3) is 4.82. The first-order chi connectivity index (χ1) is 15.1. The zero-order chi connectivity index (χ0) is 21.8. The topological polar surface area (TPSA) is 49.2 Å². The van der Waals surface area contributed by atoms with Crippen LogP contribution in [0.5, 0.6) is 11.5 Å². The maximum Gasteiger partial charge on any atom is 0.196 e. The van der Waals surface area contributed by atoms with E-state index in [1.54, 1.807) is 32.0 Å². The number of benzene rings is 3. The van der Waals surface area contributed by atoms with Crippen molar-refractivity contribution in [3.8, 4) is 28.6 Å². The zero-order valence-corrected chi connectivity index (χ0v) is 19.2. The Morgan fingerprint density at radius 2 is 1.61 bits per heavy atom. The summed E-state index contributed by atoms with van der Waals surface area (Å²) in [6, 6.07) is 21.2. The molecule has 8 heteroatoms. The predicted molar refractivity (Wildman–Crippen MR) is 126 cm³/mol. The van der Waals surface area contributed by atoms with Crippen molar-refractivity contribution in [3.63, 3.8) is 0 Å². The molecule has 0 bridgehead atoms. The molecule has 0 radical (unpaired) electrons. The lowest BCUT2D eigenvalue weighted by molar-refractivity contribution is 0.414.